The molecule has 0 amide bonds. The van der Waals surface area contributed by atoms with E-state index in [9.17, 15) is 4.79 Å². The molecule has 0 aliphatic carbocycles. The number of H-pyrrole nitrogens is 2. The molecule has 0 aliphatic heterocycles. The van der Waals surface area contributed by atoms with Gasteiger partial charge in [0.1, 0.15) is 6.61 Å². The summed E-state index contributed by atoms with van der Waals surface area (Å²) in [7, 11) is 0. The number of nitrogens with zero attached hydrogens (tertiary/aromatic N) is 1. The fourth-order valence-corrected chi connectivity index (χ4v) is 1.97. The maximum absolute atomic E-state index is 11.2. The number of fused-ring (bicyclic) bond motifs is 1. The average molecular weight is 270 g/mol. The Morgan fingerprint density at radius 2 is 1.95 bits per heavy atom. The van der Waals surface area contributed by atoms with E-state index in [1.165, 1.54) is 0 Å². The van der Waals surface area contributed by atoms with Crippen LogP contribution in [0.5, 0.6) is 5.88 Å². The SMILES string of the molecule is NC(COc1cc2[nH]c(=O)[nH]c2cn1)c1ccccc1. The Hall–Kier alpha value is -2.60. The third-order valence-electron chi connectivity index (χ3n) is 3.01. The maximum Gasteiger partial charge on any atom is 0.323 e. The standard InChI is InChI=1S/C14H14N4O2/c15-10(9-4-2-1-3-5-9)8-20-13-6-11-12(7-16-13)18-14(19)17-11/h1-7,10H,8,15H2,(H2,17,18,19). The summed E-state index contributed by atoms with van der Waals surface area (Å²) in [5.74, 6) is 0.430. The van der Waals surface area contributed by atoms with Gasteiger partial charge in [-0.15, -0.1) is 0 Å². The molecule has 2 heterocycles. The van der Waals surface area contributed by atoms with Crippen molar-refractivity contribution in [1.29, 1.82) is 0 Å². The van der Waals surface area contributed by atoms with Gasteiger partial charge in [-0.2, -0.15) is 0 Å². The molecule has 1 atom stereocenters. The largest absolute Gasteiger partial charge is 0.476 e. The van der Waals surface area contributed by atoms with Crippen molar-refractivity contribution in [3.63, 3.8) is 0 Å². The van der Waals surface area contributed by atoms with Crippen LogP contribution in [0.25, 0.3) is 11.0 Å². The lowest BCUT2D eigenvalue weighted by Gasteiger charge is -2.12. The lowest BCUT2D eigenvalue weighted by molar-refractivity contribution is 0.280. The van der Waals surface area contributed by atoms with Crippen molar-refractivity contribution >= 4 is 11.0 Å². The van der Waals surface area contributed by atoms with Crippen molar-refractivity contribution in [2.45, 2.75) is 6.04 Å². The van der Waals surface area contributed by atoms with Crippen LogP contribution in [0.2, 0.25) is 0 Å². The number of aromatic nitrogens is 3. The minimum absolute atomic E-state index is 0.223. The number of hydrogen-bond acceptors (Lipinski definition) is 4. The van der Waals surface area contributed by atoms with E-state index in [4.69, 9.17) is 10.5 Å². The zero-order valence-corrected chi connectivity index (χ0v) is 10.7. The molecule has 6 nitrogen and oxygen atoms in total. The van der Waals surface area contributed by atoms with Gasteiger partial charge in [-0.3, -0.25) is 0 Å². The first kappa shape index (κ1) is 12.4. The quantitative estimate of drug-likeness (QED) is 0.666. The number of hydrogen-bond donors (Lipinski definition) is 3. The summed E-state index contributed by atoms with van der Waals surface area (Å²) < 4.78 is 5.57. The highest BCUT2D eigenvalue weighted by Gasteiger charge is 2.08. The Bertz CT molecular complexity index is 763. The summed E-state index contributed by atoms with van der Waals surface area (Å²) in [6.07, 6.45) is 1.55. The Labute approximate surface area is 114 Å². The van der Waals surface area contributed by atoms with Crippen LogP contribution in [-0.4, -0.2) is 21.6 Å². The van der Waals surface area contributed by atoms with Crippen LogP contribution >= 0.6 is 0 Å². The van der Waals surface area contributed by atoms with Crippen molar-refractivity contribution < 1.29 is 4.74 Å². The number of imidazole rings is 1. The van der Waals surface area contributed by atoms with Gasteiger partial charge in [-0.05, 0) is 5.56 Å². The summed E-state index contributed by atoms with van der Waals surface area (Å²) >= 11 is 0. The monoisotopic (exact) mass is 270 g/mol. The fraction of sp³-hybridized carbons (Fsp3) is 0.143. The molecule has 6 heteroatoms. The second kappa shape index (κ2) is 5.18. The highest BCUT2D eigenvalue weighted by atomic mass is 16.5. The lowest BCUT2D eigenvalue weighted by atomic mass is 10.1. The number of ether oxygens (including phenoxy) is 1. The number of nitrogens with two attached hydrogens (primary N) is 1. The smallest absolute Gasteiger partial charge is 0.323 e. The molecule has 0 bridgehead atoms. The maximum atomic E-state index is 11.2. The number of benzene rings is 1. The zero-order chi connectivity index (χ0) is 13.9. The van der Waals surface area contributed by atoms with E-state index >= 15 is 0 Å². The molecular weight excluding hydrogens is 256 g/mol. The van der Waals surface area contributed by atoms with Crippen molar-refractivity contribution in [3.05, 3.63) is 58.6 Å². The van der Waals surface area contributed by atoms with Crippen LogP contribution in [0.15, 0.2) is 47.4 Å². The van der Waals surface area contributed by atoms with E-state index in [2.05, 4.69) is 15.0 Å². The van der Waals surface area contributed by atoms with Gasteiger partial charge in [-0.25, -0.2) is 9.78 Å². The van der Waals surface area contributed by atoms with E-state index in [1.54, 1.807) is 12.3 Å². The fourth-order valence-electron chi connectivity index (χ4n) is 1.97. The van der Waals surface area contributed by atoms with Crippen molar-refractivity contribution in [2.24, 2.45) is 5.73 Å². The second-order valence-electron chi connectivity index (χ2n) is 4.48. The molecule has 1 aromatic carbocycles. The molecular formula is C14H14N4O2. The van der Waals surface area contributed by atoms with E-state index in [0.29, 0.717) is 23.5 Å². The summed E-state index contributed by atoms with van der Waals surface area (Å²) in [6, 6.07) is 11.2. The first-order chi connectivity index (χ1) is 9.72. The van der Waals surface area contributed by atoms with Gasteiger partial charge in [0.25, 0.3) is 0 Å². The molecule has 0 saturated heterocycles. The Balaban J connectivity index is 1.72. The molecule has 4 N–H and O–H groups in total. The average Bonchev–Trinajstić information content (AvgIpc) is 2.85. The summed E-state index contributed by atoms with van der Waals surface area (Å²) in [5, 5.41) is 0. The molecule has 20 heavy (non-hydrogen) atoms. The van der Waals surface area contributed by atoms with Crippen LogP contribution < -0.4 is 16.2 Å². The van der Waals surface area contributed by atoms with Crippen LogP contribution in [0.1, 0.15) is 11.6 Å². The Kier molecular flexibility index (Phi) is 3.22. The predicted molar refractivity (Wildman–Crippen MR) is 75.6 cm³/mol. The molecule has 0 spiro atoms. The Morgan fingerprint density at radius 1 is 1.20 bits per heavy atom. The number of aromatic amines is 2. The van der Waals surface area contributed by atoms with Crippen LogP contribution in [-0.2, 0) is 0 Å². The number of rotatable bonds is 4. The minimum Gasteiger partial charge on any atom is -0.476 e. The third-order valence-corrected chi connectivity index (χ3v) is 3.01. The van der Waals surface area contributed by atoms with Gasteiger partial charge < -0.3 is 20.4 Å². The molecule has 1 unspecified atom stereocenters. The third kappa shape index (κ3) is 2.55. The van der Waals surface area contributed by atoms with Crippen LogP contribution in [0.4, 0.5) is 0 Å². The first-order valence-electron chi connectivity index (χ1n) is 6.24. The molecule has 0 aliphatic rings. The van der Waals surface area contributed by atoms with Gasteiger partial charge in [0.2, 0.25) is 5.88 Å². The molecule has 102 valence electrons. The number of pyridine rings is 1. The summed E-state index contributed by atoms with van der Waals surface area (Å²) in [5.41, 5.74) is 8.09. The van der Waals surface area contributed by atoms with E-state index < -0.39 is 0 Å². The highest BCUT2D eigenvalue weighted by molar-refractivity contribution is 5.74. The topological polar surface area (TPSA) is 96.8 Å². The number of nitrogens with one attached hydrogen (secondary N) is 2. The van der Waals surface area contributed by atoms with Gasteiger partial charge in [-0.1, -0.05) is 30.3 Å². The van der Waals surface area contributed by atoms with E-state index in [-0.39, 0.29) is 11.7 Å². The molecule has 2 aromatic heterocycles. The molecule has 3 aromatic rings. The second-order valence-corrected chi connectivity index (χ2v) is 4.48. The van der Waals surface area contributed by atoms with Crippen LogP contribution in [0.3, 0.4) is 0 Å². The normalized spacial score (nSPS) is 12.4. The first-order valence-corrected chi connectivity index (χ1v) is 6.24. The highest BCUT2D eigenvalue weighted by Crippen LogP contribution is 2.15. The van der Waals surface area contributed by atoms with Crippen molar-refractivity contribution in [1.82, 2.24) is 15.0 Å². The summed E-state index contributed by atoms with van der Waals surface area (Å²) in [6.45, 7) is 0.317. The van der Waals surface area contributed by atoms with Gasteiger partial charge >= 0.3 is 5.69 Å². The summed E-state index contributed by atoms with van der Waals surface area (Å²) in [4.78, 5) is 20.5. The lowest BCUT2D eigenvalue weighted by Crippen LogP contribution is -2.19. The molecule has 0 radical (unpaired) electrons. The minimum atomic E-state index is -0.264. The predicted octanol–water partition coefficient (Wildman–Crippen LogP) is 1.33. The Morgan fingerprint density at radius 3 is 2.75 bits per heavy atom. The van der Waals surface area contributed by atoms with E-state index in [1.807, 2.05) is 30.3 Å². The van der Waals surface area contributed by atoms with E-state index in [0.717, 1.165) is 5.56 Å². The molecule has 3 rings (SSSR count). The van der Waals surface area contributed by atoms with Gasteiger partial charge in [0.15, 0.2) is 0 Å². The van der Waals surface area contributed by atoms with Gasteiger partial charge in [0, 0.05) is 6.07 Å². The molecule has 0 fully saturated rings. The van der Waals surface area contributed by atoms with Gasteiger partial charge in [0.05, 0.1) is 23.3 Å². The zero-order valence-electron chi connectivity index (χ0n) is 10.7. The van der Waals surface area contributed by atoms with Crippen molar-refractivity contribution in [2.75, 3.05) is 6.61 Å². The molecule has 0 saturated carbocycles. The van der Waals surface area contributed by atoms with Crippen LogP contribution in [0, 0.1) is 0 Å². The van der Waals surface area contributed by atoms with Crippen molar-refractivity contribution in [3.8, 4) is 5.88 Å².